The van der Waals surface area contributed by atoms with Gasteiger partial charge in [-0.05, 0) is 35.4 Å². The molecule has 0 bridgehead atoms. The number of aromatic nitrogens is 1. The minimum Gasteiger partial charge on any atom is -0.497 e. The van der Waals surface area contributed by atoms with E-state index in [2.05, 4.69) is 51.1 Å². The predicted octanol–water partition coefficient (Wildman–Crippen LogP) is 3.60. The van der Waals surface area contributed by atoms with Crippen LogP contribution < -0.4 is 14.5 Å². The Morgan fingerprint density at radius 1 is 0.889 bits per heavy atom. The van der Waals surface area contributed by atoms with Gasteiger partial charge in [-0.3, -0.25) is 4.90 Å². The molecule has 0 spiro atoms. The molecule has 8 nitrogen and oxygen atoms in total. The van der Waals surface area contributed by atoms with Crippen molar-refractivity contribution in [2.24, 2.45) is 0 Å². The summed E-state index contributed by atoms with van der Waals surface area (Å²) in [6, 6.07) is 17.6. The summed E-state index contributed by atoms with van der Waals surface area (Å²) in [7, 11) is 1.70. The van der Waals surface area contributed by atoms with Crippen LogP contribution in [0.4, 0.5) is 11.7 Å². The maximum Gasteiger partial charge on any atom is 0.298 e. The third-order valence-corrected chi connectivity index (χ3v) is 6.79. The average molecular weight is 493 g/mol. The molecule has 0 aliphatic carbocycles. The van der Waals surface area contributed by atoms with Crippen LogP contribution in [0.15, 0.2) is 59.2 Å². The topological polar surface area (TPSA) is 63.4 Å². The van der Waals surface area contributed by atoms with E-state index in [0.717, 1.165) is 82.6 Å². The molecule has 3 aromatic rings. The molecule has 192 valence electrons. The van der Waals surface area contributed by atoms with Crippen molar-refractivity contribution in [3.8, 4) is 5.75 Å². The van der Waals surface area contributed by atoms with Gasteiger partial charge in [0.1, 0.15) is 12.0 Å². The van der Waals surface area contributed by atoms with Gasteiger partial charge >= 0.3 is 0 Å². The van der Waals surface area contributed by atoms with Crippen molar-refractivity contribution in [1.29, 1.82) is 0 Å². The first-order chi connectivity index (χ1) is 17.8. The summed E-state index contributed by atoms with van der Waals surface area (Å²) in [4.78, 5) is 11.8. The van der Waals surface area contributed by atoms with Crippen molar-refractivity contribution >= 4 is 11.7 Å². The highest BCUT2D eigenvalue weighted by Crippen LogP contribution is 2.24. The fraction of sp³-hybridized carbons (Fsp3) is 0.464. The van der Waals surface area contributed by atoms with Crippen LogP contribution in [0, 0.1) is 0 Å². The Balaban J connectivity index is 1.29. The van der Waals surface area contributed by atoms with Crippen LogP contribution in [0.25, 0.3) is 0 Å². The number of benzene rings is 2. The highest BCUT2D eigenvalue weighted by Gasteiger charge is 2.17. The fourth-order valence-corrected chi connectivity index (χ4v) is 4.69. The van der Waals surface area contributed by atoms with Gasteiger partial charge in [-0.25, -0.2) is 0 Å². The summed E-state index contributed by atoms with van der Waals surface area (Å²) in [5.74, 6) is 0.848. The van der Waals surface area contributed by atoms with Crippen LogP contribution in [0.3, 0.4) is 0 Å². The Morgan fingerprint density at radius 3 is 2.36 bits per heavy atom. The Morgan fingerprint density at radius 2 is 1.61 bits per heavy atom. The molecule has 2 aromatic carbocycles. The van der Waals surface area contributed by atoms with Gasteiger partial charge in [0.05, 0.1) is 39.2 Å². The van der Waals surface area contributed by atoms with Gasteiger partial charge in [0.25, 0.3) is 6.01 Å². The molecule has 8 heteroatoms. The van der Waals surface area contributed by atoms with E-state index in [1.54, 1.807) is 13.4 Å². The molecule has 0 atom stereocenters. The number of anilines is 2. The maximum atomic E-state index is 6.00. The van der Waals surface area contributed by atoms with E-state index >= 15 is 0 Å². The number of oxazole rings is 1. The molecule has 36 heavy (non-hydrogen) atoms. The molecular formula is C28H36N4O4. The summed E-state index contributed by atoms with van der Waals surface area (Å²) >= 11 is 0. The summed E-state index contributed by atoms with van der Waals surface area (Å²) < 4.78 is 22.4. The lowest BCUT2D eigenvalue weighted by molar-refractivity contribution is 0.0383. The van der Waals surface area contributed by atoms with E-state index in [1.807, 2.05) is 12.1 Å². The van der Waals surface area contributed by atoms with Crippen molar-refractivity contribution in [3.05, 3.63) is 71.6 Å². The number of hydrogen-bond donors (Lipinski definition) is 0. The second-order valence-corrected chi connectivity index (χ2v) is 9.30. The normalized spacial score (nSPS) is 16.8. The number of rotatable bonds is 10. The summed E-state index contributed by atoms with van der Waals surface area (Å²) in [5.41, 5.74) is 4.58. The van der Waals surface area contributed by atoms with Gasteiger partial charge < -0.3 is 28.4 Å². The van der Waals surface area contributed by atoms with Crippen LogP contribution in [0.5, 0.6) is 5.75 Å². The first-order valence-corrected chi connectivity index (χ1v) is 12.8. The van der Waals surface area contributed by atoms with Crippen LogP contribution >= 0.6 is 0 Å². The summed E-state index contributed by atoms with van der Waals surface area (Å²) in [6.07, 6.45) is 2.67. The van der Waals surface area contributed by atoms with Gasteiger partial charge in [-0.2, -0.15) is 4.98 Å². The van der Waals surface area contributed by atoms with Crippen molar-refractivity contribution in [2.45, 2.75) is 19.5 Å². The average Bonchev–Trinajstić information content (AvgIpc) is 3.42. The molecule has 5 rings (SSSR count). The molecule has 3 heterocycles. The first-order valence-electron chi connectivity index (χ1n) is 12.8. The van der Waals surface area contributed by atoms with Gasteiger partial charge in [0.2, 0.25) is 0 Å². The Labute approximate surface area is 213 Å². The zero-order valence-electron chi connectivity index (χ0n) is 21.1. The zero-order valence-corrected chi connectivity index (χ0v) is 21.1. The molecule has 2 saturated heterocycles. The molecule has 2 aliphatic rings. The molecule has 0 unspecified atom stereocenters. The lowest BCUT2D eigenvalue weighted by Gasteiger charge is -2.29. The molecule has 0 saturated carbocycles. The molecule has 0 radical (unpaired) electrons. The first kappa shape index (κ1) is 24.6. The van der Waals surface area contributed by atoms with Gasteiger partial charge in [-0.15, -0.1) is 0 Å². The van der Waals surface area contributed by atoms with Crippen LogP contribution in [-0.2, 0) is 29.0 Å². The van der Waals surface area contributed by atoms with Crippen LogP contribution in [0.2, 0.25) is 0 Å². The van der Waals surface area contributed by atoms with E-state index in [4.69, 9.17) is 23.6 Å². The summed E-state index contributed by atoms with van der Waals surface area (Å²) in [6.45, 7) is 9.35. The smallest absolute Gasteiger partial charge is 0.298 e. The van der Waals surface area contributed by atoms with Gasteiger partial charge in [0.15, 0.2) is 0 Å². The number of nitrogens with zero attached hydrogens (tertiary/aromatic N) is 4. The molecule has 1 aromatic heterocycles. The number of morpholine rings is 2. The molecule has 0 N–H and O–H groups in total. The monoisotopic (exact) mass is 492 g/mol. The van der Waals surface area contributed by atoms with Gasteiger partial charge in [-0.1, -0.05) is 24.3 Å². The Hall–Kier alpha value is -3.07. The van der Waals surface area contributed by atoms with Crippen molar-refractivity contribution < 1.29 is 18.6 Å². The standard InChI is InChI=1S/C28H36N4O4/c1-33-27-4-2-3-24(19-27)21-32(20-23-5-7-26(8-6-23)31-13-17-35-18-14-31)28-29-25(22-36-28)9-10-30-11-15-34-16-12-30/h2-8,19,22H,9-18,20-21H2,1H3. The number of ether oxygens (including phenoxy) is 3. The number of methoxy groups -OCH3 is 1. The molecule has 0 amide bonds. The van der Waals surface area contributed by atoms with Crippen molar-refractivity contribution in [3.63, 3.8) is 0 Å². The fourth-order valence-electron chi connectivity index (χ4n) is 4.69. The van der Waals surface area contributed by atoms with Crippen LogP contribution in [-0.4, -0.2) is 76.1 Å². The molecular weight excluding hydrogens is 456 g/mol. The quantitative estimate of drug-likeness (QED) is 0.426. The highest BCUT2D eigenvalue weighted by molar-refractivity contribution is 5.48. The lowest BCUT2D eigenvalue weighted by atomic mass is 10.1. The lowest BCUT2D eigenvalue weighted by Crippen LogP contribution is -2.37. The van der Waals surface area contributed by atoms with E-state index in [0.29, 0.717) is 19.1 Å². The third-order valence-electron chi connectivity index (χ3n) is 6.79. The third kappa shape index (κ3) is 6.57. The van der Waals surface area contributed by atoms with Crippen molar-refractivity contribution in [2.75, 3.05) is 76.1 Å². The van der Waals surface area contributed by atoms with Gasteiger partial charge in [0, 0.05) is 57.9 Å². The minimum absolute atomic E-state index is 0.645. The SMILES string of the molecule is COc1cccc(CN(Cc2ccc(N3CCOCC3)cc2)c2nc(CCN3CCOCC3)co2)c1. The summed E-state index contributed by atoms with van der Waals surface area (Å²) in [5, 5.41) is 0. The van der Waals surface area contributed by atoms with E-state index in [9.17, 15) is 0 Å². The highest BCUT2D eigenvalue weighted by atomic mass is 16.5. The largest absolute Gasteiger partial charge is 0.497 e. The van der Waals surface area contributed by atoms with Crippen molar-refractivity contribution in [1.82, 2.24) is 9.88 Å². The van der Waals surface area contributed by atoms with E-state index < -0.39 is 0 Å². The Kier molecular flexibility index (Phi) is 8.38. The maximum absolute atomic E-state index is 6.00. The number of hydrogen-bond acceptors (Lipinski definition) is 8. The minimum atomic E-state index is 0.645. The molecule has 2 aliphatic heterocycles. The van der Waals surface area contributed by atoms with E-state index in [1.165, 1.54) is 11.3 Å². The van der Waals surface area contributed by atoms with E-state index in [-0.39, 0.29) is 0 Å². The Bertz CT molecular complexity index is 1080. The second kappa shape index (κ2) is 12.3. The predicted molar refractivity (Wildman–Crippen MR) is 140 cm³/mol. The second-order valence-electron chi connectivity index (χ2n) is 9.30. The molecule has 2 fully saturated rings. The van der Waals surface area contributed by atoms with Crippen LogP contribution in [0.1, 0.15) is 16.8 Å². The zero-order chi connectivity index (χ0) is 24.6.